The van der Waals surface area contributed by atoms with Crippen LogP contribution >= 0.6 is 0 Å². The molecule has 0 aliphatic carbocycles. The normalized spacial score (nSPS) is 11.9. The third-order valence-electron chi connectivity index (χ3n) is 5.73. The molecule has 9 nitrogen and oxygen atoms in total. The first-order chi connectivity index (χ1) is 18.0. The van der Waals surface area contributed by atoms with Crippen LogP contribution in [0.15, 0.2) is 65.8 Å². The molecule has 204 valence electrons. The molecule has 38 heavy (non-hydrogen) atoms. The minimum atomic E-state index is -3.85. The summed E-state index contributed by atoms with van der Waals surface area (Å²) in [6.07, 6.45) is 4.19. The van der Waals surface area contributed by atoms with Gasteiger partial charge in [0.15, 0.2) is 0 Å². The van der Waals surface area contributed by atoms with E-state index in [2.05, 4.69) is 10.3 Å². The average molecular weight is 542 g/mol. The lowest BCUT2D eigenvalue weighted by atomic mass is 10.1. The van der Waals surface area contributed by atoms with Crippen LogP contribution in [0.25, 0.3) is 10.8 Å². The Labute approximate surface area is 224 Å². The summed E-state index contributed by atoms with van der Waals surface area (Å²) in [4.78, 5) is 28.2. The third-order valence-corrected chi connectivity index (χ3v) is 7.69. The zero-order chi connectivity index (χ0) is 27.8. The van der Waals surface area contributed by atoms with Crippen LogP contribution in [0.2, 0.25) is 0 Å². The van der Waals surface area contributed by atoms with E-state index in [9.17, 15) is 18.0 Å². The molecule has 0 aliphatic rings. The van der Waals surface area contributed by atoms with Crippen molar-refractivity contribution in [3.63, 3.8) is 0 Å². The molecule has 2 aromatic carbocycles. The molecule has 1 amide bonds. The van der Waals surface area contributed by atoms with Crippen LogP contribution in [-0.4, -0.2) is 62.1 Å². The number of ether oxygens (including phenoxy) is 2. The van der Waals surface area contributed by atoms with Crippen LogP contribution < -0.4 is 5.32 Å². The number of hydrogen-bond acceptors (Lipinski definition) is 7. The first kappa shape index (κ1) is 29.1. The number of rotatable bonds is 11. The van der Waals surface area contributed by atoms with E-state index in [1.54, 1.807) is 69.6 Å². The van der Waals surface area contributed by atoms with Crippen molar-refractivity contribution < 1.29 is 27.5 Å². The van der Waals surface area contributed by atoms with E-state index in [0.29, 0.717) is 30.2 Å². The highest BCUT2D eigenvalue weighted by Crippen LogP contribution is 2.26. The maximum absolute atomic E-state index is 13.8. The number of esters is 1. The zero-order valence-electron chi connectivity index (χ0n) is 22.3. The fourth-order valence-electron chi connectivity index (χ4n) is 4.00. The van der Waals surface area contributed by atoms with Gasteiger partial charge < -0.3 is 14.8 Å². The standard InChI is InChI=1S/C28H35N3O6S/c1-28(2,3)37-27(33)30-15-8-18-31(17-7-10-21-9-5-11-22(19-21)26(32)36-4)38(34,35)25-13-6-12-23-20-29-16-14-24(23)25/h5-6,9,11-14,16,19-20H,7-8,10,15,17-18H2,1-4H3,(H,30,33). The van der Waals surface area contributed by atoms with E-state index < -0.39 is 27.7 Å². The molecule has 10 heteroatoms. The molecule has 0 bridgehead atoms. The second-order valence-electron chi connectivity index (χ2n) is 9.83. The topological polar surface area (TPSA) is 115 Å². The van der Waals surface area contributed by atoms with Gasteiger partial charge in [-0.25, -0.2) is 18.0 Å². The SMILES string of the molecule is COC(=O)c1cccc(CCCN(CCCNC(=O)OC(C)(C)C)S(=O)(=O)c2cccc3cnccc23)c1. The fourth-order valence-corrected chi connectivity index (χ4v) is 5.73. The second kappa shape index (κ2) is 12.8. The van der Waals surface area contributed by atoms with Crippen molar-refractivity contribution in [1.29, 1.82) is 0 Å². The highest BCUT2D eigenvalue weighted by Gasteiger charge is 2.26. The van der Waals surface area contributed by atoms with Gasteiger partial charge in [0.05, 0.1) is 17.6 Å². The number of fused-ring (bicyclic) bond motifs is 1. The number of aromatic nitrogens is 1. The predicted molar refractivity (Wildman–Crippen MR) is 145 cm³/mol. The molecule has 3 rings (SSSR count). The fraction of sp³-hybridized carbons (Fsp3) is 0.393. The van der Waals surface area contributed by atoms with E-state index in [0.717, 1.165) is 10.9 Å². The van der Waals surface area contributed by atoms with Gasteiger partial charge in [0, 0.05) is 42.8 Å². The quantitative estimate of drug-likeness (QED) is 0.280. The minimum Gasteiger partial charge on any atom is -0.465 e. The minimum absolute atomic E-state index is 0.210. The molecular formula is C28H35N3O6S. The summed E-state index contributed by atoms with van der Waals surface area (Å²) in [5.74, 6) is -0.418. The van der Waals surface area contributed by atoms with Crippen LogP contribution in [0.1, 0.15) is 49.5 Å². The Kier molecular flexibility index (Phi) is 9.82. The molecule has 0 aliphatic heterocycles. The van der Waals surface area contributed by atoms with Gasteiger partial charge in [-0.15, -0.1) is 0 Å². The van der Waals surface area contributed by atoms with E-state index in [4.69, 9.17) is 9.47 Å². The molecule has 1 aromatic heterocycles. The molecule has 0 atom stereocenters. The predicted octanol–water partition coefficient (Wildman–Crippen LogP) is 4.56. The van der Waals surface area contributed by atoms with Gasteiger partial charge in [-0.1, -0.05) is 24.3 Å². The van der Waals surface area contributed by atoms with Crippen molar-refractivity contribution in [2.45, 2.75) is 50.5 Å². The third kappa shape index (κ3) is 8.00. The second-order valence-corrected chi connectivity index (χ2v) is 11.7. The molecule has 0 radical (unpaired) electrons. The number of nitrogens with one attached hydrogen (secondary N) is 1. The number of alkyl carbamates (subject to hydrolysis) is 1. The largest absolute Gasteiger partial charge is 0.465 e. The summed E-state index contributed by atoms with van der Waals surface area (Å²) < 4.78 is 39.1. The maximum atomic E-state index is 13.8. The van der Waals surface area contributed by atoms with Gasteiger partial charge >= 0.3 is 12.1 Å². The molecule has 0 unspecified atom stereocenters. The lowest BCUT2D eigenvalue weighted by molar-refractivity contribution is 0.0525. The monoisotopic (exact) mass is 541 g/mol. The summed E-state index contributed by atoms with van der Waals surface area (Å²) in [6.45, 7) is 6.08. The Morgan fingerprint density at radius 2 is 1.76 bits per heavy atom. The van der Waals surface area contributed by atoms with Crippen molar-refractivity contribution in [3.8, 4) is 0 Å². The number of pyridine rings is 1. The van der Waals surface area contributed by atoms with Crippen molar-refractivity contribution in [3.05, 3.63) is 72.1 Å². The van der Waals surface area contributed by atoms with E-state index in [1.165, 1.54) is 11.4 Å². The Morgan fingerprint density at radius 1 is 1.03 bits per heavy atom. The number of carbonyl (C=O) groups is 2. The lowest BCUT2D eigenvalue weighted by Gasteiger charge is -2.24. The number of methoxy groups -OCH3 is 1. The number of amides is 1. The number of benzene rings is 2. The van der Waals surface area contributed by atoms with Crippen LogP contribution in [0.3, 0.4) is 0 Å². The molecule has 0 saturated heterocycles. The van der Waals surface area contributed by atoms with Crippen molar-refractivity contribution in [1.82, 2.24) is 14.6 Å². The zero-order valence-corrected chi connectivity index (χ0v) is 23.1. The summed E-state index contributed by atoms with van der Waals surface area (Å²) >= 11 is 0. The molecule has 0 spiro atoms. The first-order valence-corrected chi connectivity index (χ1v) is 13.9. The Morgan fingerprint density at radius 3 is 2.50 bits per heavy atom. The molecule has 0 fully saturated rings. The van der Waals surface area contributed by atoms with Crippen LogP contribution in [0.4, 0.5) is 4.79 Å². The number of carbonyl (C=O) groups excluding carboxylic acids is 2. The van der Waals surface area contributed by atoms with Crippen LogP contribution in [0.5, 0.6) is 0 Å². The number of nitrogens with zero attached hydrogens (tertiary/aromatic N) is 2. The molecule has 1 N–H and O–H groups in total. The lowest BCUT2D eigenvalue weighted by Crippen LogP contribution is -2.37. The average Bonchev–Trinajstić information content (AvgIpc) is 2.88. The summed E-state index contributed by atoms with van der Waals surface area (Å²) in [6, 6.07) is 13.9. The van der Waals surface area contributed by atoms with Gasteiger partial charge in [-0.2, -0.15) is 4.31 Å². The van der Waals surface area contributed by atoms with Gasteiger partial charge in [0.2, 0.25) is 10.0 Å². The smallest absolute Gasteiger partial charge is 0.407 e. The van der Waals surface area contributed by atoms with Crippen molar-refractivity contribution in [2.24, 2.45) is 0 Å². The molecule has 0 saturated carbocycles. The van der Waals surface area contributed by atoms with Crippen molar-refractivity contribution in [2.75, 3.05) is 26.7 Å². The summed E-state index contributed by atoms with van der Waals surface area (Å²) in [5, 5.41) is 4.02. The van der Waals surface area contributed by atoms with Gasteiger partial charge in [-0.3, -0.25) is 4.98 Å². The van der Waals surface area contributed by atoms with E-state index in [-0.39, 0.29) is 24.5 Å². The van der Waals surface area contributed by atoms with Crippen LogP contribution in [0, 0.1) is 0 Å². The van der Waals surface area contributed by atoms with E-state index >= 15 is 0 Å². The first-order valence-electron chi connectivity index (χ1n) is 12.5. The van der Waals surface area contributed by atoms with E-state index in [1.807, 2.05) is 12.1 Å². The summed E-state index contributed by atoms with van der Waals surface area (Å²) in [7, 11) is -2.52. The Balaban J connectivity index is 1.75. The van der Waals surface area contributed by atoms with Gasteiger partial charge in [-0.05, 0) is 69.9 Å². The number of aryl methyl sites for hydroxylation is 1. The molecule has 3 aromatic rings. The maximum Gasteiger partial charge on any atom is 0.407 e. The van der Waals surface area contributed by atoms with Crippen LogP contribution in [-0.2, 0) is 25.9 Å². The van der Waals surface area contributed by atoms with Gasteiger partial charge in [0.25, 0.3) is 0 Å². The summed E-state index contributed by atoms with van der Waals surface area (Å²) in [5.41, 5.74) is 0.744. The van der Waals surface area contributed by atoms with Gasteiger partial charge in [0.1, 0.15) is 5.60 Å². The number of sulfonamides is 1. The Hall–Kier alpha value is -3.50. The highest BCUT2D eigenvalue weighted by molar-refractivity contribution is 7.89. The van der Waals surface area contributed by atoms with Crippen molar-refractivity contribution >= 4 is 32.9 Å². The highest BCUT2D eigenvalue weighted by atomic mass is 32.2. The Bertz CT molecular complexity index is 1360. The molecule has 1 heterocycles. The molecular weight excluding hydrogens is 506 g/mol. The number of hydrogen-bond donors (Lipinski definition) is 1.